The van der Waals surface area contributed by atoms with E-state index in [1.165, 1.54) is 28.4 Å². The van der Waals surface area contributed by atoms with Crippen LogP contribution in [0.4, 0.5) is 5.69 Å². The predicted octanol–water partition coefficient (Wildman–Crippen LogP) is 5.52. The van der Waals surface area contributed by atoms with Gasteiger partial charge in [0.05, 0.1) is 4.88 Å². The highest BCUT2D eigenvalue weighted by molar-refractivity contribution is 7.99. The average Bonchev–Trinajstić information content (AvgIpc) is 3.22. The highest BCUT2D eigenvalue weighted by Gasteiger charge is 2.17. The number of hydrogen-bond acceptors (Lipinski definition) is 4. The van der Waals surface area contributed by atoms with Crippen molar-refractivity contribution in [3.05, 3.63) is 76.0 Å². The van der Waals surface area contributed by atoms with Crippen LogP contribution in [0.25, 0.3) is 11.1 Å². The van der Waals surface area contributed by atoms with Crippen molar-refractivity contribution < 1.29 is 4.79 Å². The van der Waals surface area contributed by atoms with E-state index in [0.29, 0.717) is 0 Å². The molecule has 1 fully saturated rings. The van der Waals surface area contributed by atoms with E-state index in [0.717, 1.165) is 46.9 Å². The molecule has 1 N–H and O–H groups in total. The highest BCUT2D eigenvalue weighted by atomic mass is 32.2. The van der Waals surface area contributed by atoms with Crippen LogP contribution in [0.15, 0.2) is 60.0 Å². The van der Waals surface area contributed by atoms with Gasteiger partial charge in [-0.25, -0.2) is 0 Å². The summed E-state index contributed by atoms with van der Waals surface area (Å²) in [6.45, 7) is 5.33. The summed E-state index contributed by atoms with van der Waals surface area (Å²) in [5.74, 6) is 2.37. The Balaban J connectivity index is 1.53. The Morgan fingerprint density at radius 2 is 1.82 bits per heavy atom. The van der Waals surface area contributed by atoms with Gasteiger partial charge in [-0.1, -0.05) is 42.5 Å². The minimum absolute atomic E-state index is 0.0384. The monoisotopic (exact) mass is 408 g/mol. The third-order valence-corrected chi connectivity index (χ3v) is 7.00. The lowest BCUT2D eigenvalue weighted by molar-refractivity contribution is 0.103. The van der Waals surface area contributed by atoms with Crippen LogP contribution in [-0.4, -0.2) is 35.4 Å². The second-order valence-electron chi connectivity index (χ2n) is 6.96. The van der Waals surface area contributed by atoms with Crippen LogP contribution in [0.3, 0.4) is 0 Å². The van der Waals surface area contributed by atoms with Crippen molar-refractivity contribution in [2.24, 2.45) is 0 Å². The zero-order valence-corrected chi connectivity index (χ0v) is 17.6. The van der Waals surface area contributed by atoms with Crippen LogP contribution in [0, 0.1) is 6.92 Å². The van der Waals surface area contributed by atoms with E-state index in [2.05, 4.69) is 23.2 Å². The molecule has 0 radical (unpaired) electrons. The molecule has 3 nitrogen and oxygen atoms in total. The van der Waals surface area contributed by atoms with Gasteiger partial charge in [0, 0.05) is 42.4 Å². The predicted molar refractivity (Wildman–Crippen MR) is 121 cm³/mol. The zero-order chi connectivity index (χ0) is 19.3. The number of thiophene rings is 1. The molecule has 3 aromatic rings. The van der Waals surface area contributed by atoms with Gasteiger partial charge in [0.15, 0.2) is 0 Å². The van der Waals surface area contributed by atoms with Gasteiger partial charge in [-0.15, -0.1) is 11.3 Å². The molecule has 1 aliphatic rings. The number of rotatable bonds is 5. The van der Waals surface area contributed by atoms with Crippen molar-refractivity contribution in [3.8, 4) is 11.1 Å². The number of benzene rings is 2. The van der Waals surface area contributed by atoms with Crippen molar-refractivity contribution in [2.75, 3.05) is 29.9 Å². The van der Waals surface area contributed by atoms with Crippen LogP contribution in [-0.2, 0) is 6.54 Å². The van der Waals surface area contributed by atoms with Crippen molar-refractivity contribution in [2.45, 2.75) is 13.5 Å². The lowest BCUT2D eigenvalue weighted by atomic mass is 10.0. The third-order valence-electron chi connectivity index (χ3n) is 5.15. The average molecular weight is 409 g/mol. The molecule has 1 amide bonds. The molecule has 1 aliphatic heterocycles. The Hall–Kier alpha value is -2.08. The SMILES string of the molecule is Cc1c(CN2CCSCC2)cccc1NC(=O)c1sccc1-c1ccccc1. The maximum absolute atomic E-state index is 13.0. The van der Waals surface area contributed by atoms with Gasteiger partial charge in [-0.2, -0.15) is 11.8 Å². The van der Waals surface area contributed by atoms with Crippen LogP contribution in [0.5, 0.6) is 0 Å². The molecule has 1 aromatic heterocycles. The molecule has 28 heavy (non-hydrogen) atoms. The Kier molecular flexibility index (Phi) is 6.15. The van der Waals surface area contributed by atoms with E-state index in [1.54, 1.807) is 0 Å². The first kappa shape index (κ1) is 19.2. The molecule has 0 bridgehead atoms. The van der Waals surface area contributed by atoms with E-state index >= 15 is 0 Å². The summed E-state index contributed by atoms with van der Waals surface area (Å²) >= 11 is 3.51. The zero-order valence-electron chi connectivity index (χ0n) is 16.0. The molecule has 144 valence electrons. The Morgan fingerprint density at radius 1 is 1.04 bits per heavy atom. The summed E-state index contributed by atoms with van der Waals surface area (Å²) < 4.78 is 0. The first-order valence-electron chi connectivity index (χ1n) is 9.55. The summed E-state index contributed by atoms with van der Waals surface area (Å²) in [4.78, 5) is 16.3. The highest BCUT2D eigenvalue weighted by Crippen LogP contribution is 2.30. The van der Waals surface area contributed by atoms with Gasteiger partial charge >= 0.3 is 0 Å². The summed E-state index contributed by atoms with van der Waals surface area (Å²) in [5.41, 5.74) is 5.41. The Bertz CT molecular complexity index is 946. The molecule has 0 saturated carbocycles. The van der Waals surface area contributed by atoms with Crippen molar-refractivity contribution >= 4 is 34.7 Å². The lowest BCUT2D eigenvalue weighted by Crippen LogP contribution is -2.32. The normalized spacial score (nSPS) is 14.8. The second-order valence-corrected chi connectivity index (χ2v) is 9.10. The van der Waals surface area contributed by atoms with E-state index < -0.39 is 0 Å². The number of carbonyl (C=O) groups excluding carboxylic acids is 1. The first-order valence-corrected chi connectivity index (χ1v) is 11.6. The summed E-state index contributed by atoms with van der Waals surface area (Å²) in [6, 6.07) is 18.3. The molecule has 2 heterocycles. The molecule has 5 heteroatoms. The Morgan fingerprint density at radius 3 is 2.61 bits per heavy atom. The minimum Gasteiger partial charge on any atom is -0.321 e. The van der Waals surface area contributed by atoms with Crippen molar-refractivity contribution in [1.29, 1.82) is 0 Å². The third kappa shape index (κ3) is 4.32. The van der Waals surface area contributed by atoms with Crippen molar-refractivity contribution in [3.63, 3.8) is 0 Å². The van der Waals surface area contributed by atoms with Crippen molar-refractivity contribution in [1.82, 2.24) is 4.90 Å². The summed E-state index contributed by atoms with van der Waals surface area (Å²) in [7, 11) is 0. The number of thioether (sulfide) groups is 1. The lowest BCUT2D eigenvalue weighted by Gasteiger charge is -2.27. The maximum Gasteiger partial charge on any atom is 0.266 e. The van der Waals surface area contributed by atoms with Crippen LogP contribution >= 0.6 is 23.1 Å². The molecular formula is C23H24N2OS2. The number of anilines is 1. The number of nitrogens with one attached hydrogen (secondary N) is 1. The van der Waals surface area contributed by atoms with Crippen LogP contribution < -0.4 is 5.32 Å². The number of hydrogen-bond donors (Lipinski definition) is 1. The van der Waals surface area contributed by atoms with E-state index in [1.807, 2.05) is 65.7 Å². The Labute approximate surface area is 174 Å². The van der Waals surface area contributed by atoms with Gasteiger partial charge in [-0.05, 0) is 41.1 Å². The molecule has 0 aliphatic carbocycles. The number of nitrogens with zero attached hydrogens (tertiary/aromatic N) is 1. The standard InChI is InChI=1S/C23H24N2OS2/c1-17-19(16-25-11-14-27-15-12-25)8-5-9-21(17)24-23(26)22-20(10-13-28-22)18-6-3-2-4-7-18/h2-10,13H,11-12,14-16H2,1H3,(H,24,26). The van der Waals surface area contributed by atoms with E-state index in [-0.39, 0.29) is 5.91 Å². The maximum atomic E-state index is 13.0. The second kappa shape index (κ2) is 8.95. The van der Waals surface area contributed by atoms with E-state index in [4.69, 9.17) is 0 Å². The molecule has 0 unspecified atom stereocenters. The molecule has 0 spiro atoms. The first-order chi connectivity index (χ1) is 13.7. The largest absolute Gasteiger partial charge is 0.321 e. The molecule has 0 atom stereocenters. The fourth-order valence-electron chi connectivity index (χ4n) is 3.50. The summed E-state index contributed by atoms with van der Waals surface area (Å²) in [6.07, 6.45) is 0. The fourth-order valence-corrected chi connectivity index (χ4v) is 5.29. The molecule has 2 aromatic carbocycles. The molecule has 4 rings (SSSR count). The van der Waals surface area contributed by atoms with Crippen LogP contribution in [0.1, 0.15) is 20.8 Å². The number of carbonyl (C=O) groups is 1. The van der Waals surface area contributed by atoms with Gasteiger partial charge in [0.1, 0.15) is 0 Å². The number of amides is 1. The van der Waals surface area contributed by atoms with Crippen LogP contribution in [0.2, 0.25) is 0 Å². The van der Waals surface area contributed by atoms with Gasteiger partial charge in [0.25, 0.3) is 5.91 Å². The minimum atomic E-state index is -0.0384. The smallest absolute Gasteiger partial charge is 0.266 e. The molecule has 1 saturated heterocycles. The topological polar surface area (TPSA) is 32.3 Å². The van der Waals surface area contributed by atoms with E-state index in [9.17, 15) is 4.79 Å². The van der Waals surface area contributed by atoms with Gasteiger partial charge in [-0.3, -0.25) is 9.69 Å². The quantitative estimate of drug-likeness (QED) is 0.603. The molecular weight excluding hydrogens is 384 g/mol. The van der Waals surface area contributed by atoms with Gasteiger partial charge < -0.3 is 5.32 Å². The summed E-state index contributed by atoms with van der Waals surface area (Å²) in [5, 5.41) is 5.13. The van der Waals surface area contributed by atoms with Gasteiger partial charge in [0.2, 0.25) is 0 Å². The fraction of sp³-hybridized carbons (Fsp3) is 0.261.